The number of nitrogens with one attached hydrogen (secondary N) is 1. The van der Waals surface area contributed by atoms with Crippen LogP contribution in [0.25, 0.3) is 10.2 Å². The summed E-state index contributed by atoms with van der Waals surface area (Å²) < 4.78 is 1.24. The first-order chi connectivity index (χ1) is 9.72. The van der Waals surface area contributed by atoms with Gasteiger partial charge in [0.15, 0.2) is 0 Å². The van der Waals surface area contributed by atoms with Crippen LogP contribution in [0.15, 0.2) is 48.5 Å². The van der Waals surface area contributed by atoms with E-state index in [1.165, 1.54) is 10.3 Å². The summed E-state index contributed by atoms with van der Waals surface area (Å²) in [6.07, 6.45) is 0. The summed E-state index contributed by atoms with van der Waals surface area (Å²) in [7, 11) is 0. The molecule has 0 aliphatic carbocycles. The van der Waals surface area contributed by atoms with Gasteiger partial charge in [-0.3, -0.25) is 0 Å². The molecule has 4 heteroatoms. The number of halogens is 1. The second-order valence-electron chi connectivity index (χ2n) is 4.73. The molecule has 1 aromatic heterocycles. The Hall–Kier alpha value is -1.42. The SMILES string of the molecule is C[C@H](NCc1nc2ccccc2s1)c1cccc(Cl)c1. The number of nitrogens with zero attached hydrogens (tertiary/aromatic N) is 1. The average molecular weight is 303 g/mol. The van der Waals surface area contributed by atoms with Gasteiger partial charge in [0.25, 0.3) is 0 Å². The number of para-hydroxylation sites is 1. The van der Waals surface area contributed by atoms with Crippen molar-refractivity contribution in [3.63, 3.8) is 0 Å². The molecule has 0 radical (unpaired) electrons. The molecule has 0 fully saturated rings. The second-order valence-corrected chi connectivity index (χ2v) is 6.28. The van der Waals surface area contributed by atoms with Crippen molar-refractivity contribution in [3.8, 4) is 0 Å². The van der Waals surface area contributed by atoms with Crippen LogP contribution in [-0.2, 0) is 6.54 Å². The maximum absolute atomic E-state index is 6.02. The van der Waals surface area contributed by atoms with E-state index < -0.39 is 0 Å². The fourth-order valence-electron chi connectivity index (χ4n) is 2.13. The summed E-state index contributed by atoms with van der Waals surface area (Å²) in [6.45, 7) is 2.91. The Kier molecular flexibility index (Phi) is 4.01. The molecular weight excluding hydrogens is 288 g/mol. The molecule has 0 saturated carbocycles. The molecule has 102 valence electrons. The zero-order valence-electron chi connectivity index (χ0n) is 11.1. The molecule has 1 heterocycles. The van der Waals surface area contributed by atoms with Crippen molar-refractivity contribution in [2.45, 2.75) is 19.5 Å². The predicted octanol–water partition coefficient (Wildman–Crippen LogP) is 4.80. The van der Waals surface area contributed by atoms with Gasteiger partial charge in [-0.05, 0) is 36.8 Å². The first-order valence-electron chi connectivity index (χ1n) is 6.55. The van der Waals surface area contributed by atoms with Gasteiger partial charge in [0.2, 0.25) is 0 Å². The van der Waals surface area contributed by atoms with E-state index in [0.29, 0.717) is 0 Å². The van der Waals surface area contributed by atoms with Gasteiger partial charge in [-0.25, -0.2) is 4.98 Å². The number of aromatic nitrogens is 1. The summed E-state index contributed by atoms with van der Waals surface area (Å²) in [4.78, 5) is 4.63. The zero-order valence-corrected chi connectivity index (χ0v) is 12.7. The van der Waals surface area contributed by atoms with Gasteiger partial charge >= 0.3 is 0 Å². The summed E-state index contributed by atoms with van der Waals surface area (Å²) >= 11 is 7.76. The van der Waals surface area contributed by atoms with Crippen LogP contribution in [0.3, 0.4) is 0 Å². The van der Waals surface area contributed by atoms with E-state index in [-0.39, 0.29) is 6.04 Å². The molecule has 0 aliphatic rings. The Morgan fingerprint density at radius 3 is 2.85 bits per heavy atom. The lowest BCUT2D eigenvalue weighted by molar-refractivity contribution is 0.574. The Labute approximate surface area is 127 Å². The van der Waals surface area contributed by atoms with Crippen LogP contribution in [0, 0.1) is 0 Å². The average Bonchev–Trinajstić information content (AvgIpc) is 2.87. The summed E-state index contributed by atoms with van der Waals surface area (Å²) in [5.74, 6) is 0. The molecule has 2 nitrogen and oxygen atoms in total. The summed E-state index contributed by atoms with van der Waals surface area (Å²) in [6, 6.07) is 16.4. The van der Waals surface area contributed by atoms with Gasteiger partial charge in [-0.15, -0.1) is 11.3 Å². The quantitative estimate of drug-likeness (QED) is 0.749. The molecule has 0 bridgehead atoms. The number of thiazole rings is 1. The van der Waals surface area contributed by atoms with Crippen molar-refractivity contribution in [1.29, 1.82) is 0 Å². The second kappa shape index (κ2) is 5.92. The number of hydrogen-bond donors (Lipinski definition) is 1. The van der Waals surface area contributed by atoms with Crippen LogP contribution >= 0.6 is 22.9 Å². The molecule has 3 rings (SSSR count). The molecular formula is C16H15ClN2S. The van der Waals surface area contributed by atoms with Gasteiger partial charge in [-0.2, -0.15) is 0 Å². The Morgan fingerprint density at radius 2 is 2.05 bits per heavy atom. The van der Waals surface area contributed by atoms with Crippen molar-refractivity contribution in [2.75, 3.05) is 0 Å². The number of benzene rings is 2. The third kappa shape index (κ3) is 3.01. The van der Waals surface area contributed by atoms with Gasteiger partial charge in [0, 0.05) is 17.6 Å². The normalized spacial score (nSPS) is 12.7. The van der Waals surface area contributed by atoms with Crippen LogP contribution < -0.4 is 5.32 Å². The minimum Gasteiger partial charge on any atom is -0.304 e. The number of rotatable bonds is 4. The van der Waals surface area contributed by atoms with Gasteiger partial charge in [0.1, 0.15) is 5.01 Å². The maximum atomic E-state index is 6.02. The number of fused-ring (bicyclic) bond motifs is 1. The summed E-state index contributed by atoms with van der Waals surface area (Å²) in [5, 5.41) is 5.38. The molecule has 20 heavy (non-hydrogen) atoms. The van der Waals surface area contributed by atoms with Gasteiger partial charge in [0.05, 0.1) is 10.2 Å². The molecule has 0 amide bonds. The minimum absolute atomic E-state index is 0.251. The van der Waals surface area contributed by atoms with Crippen molar-refractivity contribution in [2.24, 2.45) is 0 Å². The van der Waals surface area contributed by atoms with Crippen LogP contribution in [0.5, 0.6) is 0 Å². The molecule has 2 aromatic carbocycles. The standard InChI is InChI=1S/C16H15ClN2S/c1-11(12-5-4-6-13(17)9-12)18-10-16-19-14-7-2-3-8-15(14)20-16/h2-9,11,18H,10H2,1H3/t11-/m0/s1. The third-order valence-electron chi connectivity index (χ3n) is 3.25. The Balaban J connectivity index is 1.69. The van der Waals surface area contributed by atoms with E-state index in [2.05, 4.69) is 35.4 Å². The van der Waals surface area contributed by atoms with Crippen LogP contribution in [0.1, 0.15) is 23.5 Å². The van der Waals surface area contributed by atoms with E-state index in [4.69, 9.17) is 11.6 Å². The maximum Gasteiger partial charge on any atom is 0.108 e. The van der Waals surface area contributed by atoms with Crippen molar-refractivity contribution < 1.29 is 0 Å². The van der Waals surface area contributed by atoms with E-state index in [1.54, 1.807) is 11.3 Å². The molecule has 0 saturated heterocycles. The number of hydrogen-bond acceptors (Lipinski definition) is 3. The predicted molar refractivity (Wildman–Crippen MR) is 86.3 cm³/mol. The first-order valence-corrected chi connectivity index (χ1v) is 7.75. The highest BCUT2D eigenvalue weighted by Gasteiger charge is 2.07. The highest BCUT2D eigenvalue weighted by atomic mass is 35.5. The van der Waals surface area contributed by atoms with Crippen LogP contribution in [0.2, 0.25) is 5.02 Å². The Morgan fingerprint density at radius 1 is 1.20 bits per heavy atom. The highest BCUT2D eigenvalue weighted by molar-refractivity contribution is 7.18. The van der Waals surface area contributed by atoms with Crippen LogP contribution in [-0.4, -0.2) is 4.98 Å². The molecule has 0 unspecified atom stereocenters. The molecule has 1 N–H and O–H groups in total. The molecule has 1 atom stereocenters. The van der Waals surface area contributed by atoms with Gasteiger partial charge in [-0.1, -0.05) is 35.9 Å². The third-order valence-corrected chi connectivity index (χ3v) is 4.52. The fraction of sp³-hybridized carbons (Fsp3) is 0.188. The lowest BCUT2D eigenvalue weighted by atomic mass is 10.1. The van der Waals surface area contributed by atoms with E-state index >= 15 is 0 Å². The smallest absolute Gasteiger partial charge is 0.108 e. The van der Waals surface area contributed by atoms with E-state index in [1.807, 2.05) is 30.3 Å². The zero-order chi connectivity index (χ0) is 13.9. The lowest BCUT2D eigenvalue weighted by Crippen LogP contribution is -2.17. The van der Waals surface area contributed by atoms with Crippen molar-refractivity contribution in [3.05, 3.63) is 64.1 Å². The van der Waals surface area contributed by atoms with Crippen molar-refractivity contribution >= 4 is 33.2 Å². The van der Waals surface area contributed by atoms with Crippen LogP contribution in [0.4, 0.5) is 0 Å². The highest BCUT2D eigenvalue weighted by Crippen LogP contribution is 2.22. The molecule has 0 aliphatic heterocycles. The summed E-state index contributed by atoms with van der Waals surface area (Å²) in [5.41, 5.74) is 2.27. The lowest BCUT2D eigenvalue weighted by Gasteiger charge is -2.13. The minimum atomic E-state index is 0.251. The molecule has 3 aromatic rings. The topological polar surface area (TPSA) is 24.9 Å². The molecule has 0 spiro atoms. The van der Waals surface area contributed by atoms with E-state index in [0.717, 1.165) is 22.1 Å². The monoisotopic (exact) mass is 302 g/mol. The van der Waals surface area contributed by atoms with E-state index in [9.17, 15) is 0 Å². The largest absolute Gasteiger partial charge is 0.304 e. The van der Waals surface area contributed by atoms with Gasteiger partial charge < -0.3 is 5.32 Å². The Bertz CT molecular complexity index is 690. The van der Waals surface area contributed by atoms with Crippen molar-refractivity contribution in [1.82, 2.24) is 10.3 Å². The first kappa shape index (κ1) is 13.6. The fourth-order valence-corrected chi connectivity index (χ4v) is 3.25.